The summed E-state index contributed by atoms with van der Waals surface area (Å²) < 4.78 is 5.45. The summed E-state index contributed by atoms with van der Waals surface area (Å²) in [7, 11) is 3.38. The topological polar surface area (TPSA) is 117 Å². The minimum Gasteiger partial charge on any atom is -0.494 e. The Balaban J connectivity index is 0.000000360. The zero-order chi connectivity index (χ0) is 23.1. The Labute approximate surface area is 192 Å². The van der Waals surface area contributed by atoms with Crippen LogP contribution < -0.4 is 15.8 Å². The number of anilines is 3. The smallest absolute Gasteiger partial charge is 0.209 e. The normalized spacial score (nSPS) is 12.3. The molecule has 2 heterocycles. The molecular formula is C23H30N6O2S. The molecule has 1 aliphatic rings. The van der Waals surface area contributed by atoms with Crippen LogP contribution in [0.4, 0.5) is 17.2 Å². The average Bonchev–Trinajstić information content (AvgIpc) is 3.20. The second kappa shape index (κ2) is 10.9. The van der Waals surface area contributed by atoms with Gasteiger partial charge in [0.15, 0.2) is 0 Å². The van der Waals surface area contributed by atoms with Crippen LogP contribution >= 0.6 is 11.3 Å². The number of hydrogen-bond donors (Lipinski definition) is 3. The molecule has 0 fully saturated rings. The number of carbonyl (C=O) groups excluding carboxylic acids is 1. The highest BCUT2D eigenvalue weighted by atomic mass is 32.1. The Morgan fingerprint density at radius 2 is 2.09 bits per heavy atom. The maximum absolute atomic E-state index is 9.82. The Morgan fingerprint density at radius 3 is 2.75 bits per heavy atom. The fourth-order valence-corrected chi connectivity index (χ4v) is 4.95. The standard InChI is InChI=1S/C18H19N5OS.C5H11NO/c1-24-14-7-12(20)10(8-19)6-13(14)23-17-16-11-4-2-3-5-15(11)25-18(16)22-9-21-17;1-3-4-6(2)5-7/h6-9,19H,2-5,20H2,1H3,(H,21,22,23);5H,3-4H2,1-2H3. The molecule has 8 nitrogen and oxygen atoms in total. The van der Waals surface area contributed by atoms with Gasteiger partial charge >= 0.3 is 0 Å². The van der Waals surface area contributed by atoms with Gasteiger partial charge in [0, 0.05) is 42.0 Å². The summed E-state index contributed by atoms with van der Waals surface area (Å²) in [6.45, 7) is 2.91. The Kier molecular flexibility index (Phi) is 7.99. The molecule has 1 amide bonds. The monoisotopic (exact) mass is 454 g/mol. The number of benzene rings is 1. The largest absolute Gasteiger partial charge is 0.494 e. The molecule has 2 aromatic heterocycles. The number of aromatic nitrogens is 2. The maximum atomic E-state index is 9.82. The van der Waals surface area contributed by atoms with Crippen LogP contribution in [-0.2, 0) is 17.6 Å². The molecule has 32 heavy (non-hydrogen) atoms. The van der Waals surface area contributed by atoms with Gasteiger partial charge in [-0.25, -0.2) is 9.97 Å². The van der Waals surface area contributed by atoms with Crippen molar-refractivity contribution in [1.29, 1.82) is 5.41 Å². The van der Waals surface area contributed by atoms with Crippen LogP contribution in [0.2, 0.25) is 0 Å². The van der Waals surface area contributed by atoms with Gasteiger partial charge in [-0.1, -0.05) is 6.92 Å². The maximum Gasteiger partial charge on any atom is 0.209 e. The summed E-state index contributed by atoms with van der Waals surface area (Å²) >= 11 is 1.77. The molecule has 0 aliphatic heterocycles. The third kappa shape index (κ3) is 5.16. The van der Waals surface area contributed by atoms with Crippen LogP contribution in [0, 0.1) is 5.41 Å². The van der Waals surface area contributed by atoms with Crippen molar-refractivity contribution >= 4 is 51.4 Å². The van der Waals surface area contributed by atoms with E-state index >= 15 is 0 Å². The summed E-state index contributed by atoms with van der Waals surface area (Å²) in [6.07, 6.45) is 9.34. The molecule has 1 aromatic carbocycles. The predicted molar refractivity (Wildman–Crippen MR) is 132 cm³/mol. The van der Waals surface area contributed by atoms with Gasteiger partial charge in [-0.2, -0.15) is 0 Å². The van der Waals surface area contributed by atoms with Crippen molar-refractivity contribution in [3.8, 4) is 5.75 Å². The number of amides is 1. The number of ether oxygens (including phenoxy) is 1. The first kappa shape index (κ1) is 23.5. The highest BCUT2D eigenvalue weighted by Crippen LogP contribution is 2.40. The van der Waals surface area contributed by atoms with Crippen LogP contribution in [0.25, 0.3) is 10.2 Å². The van der Waals surface area contributed by atoms with Gasteiger partial charge in [0.25, 0.3) is 0 Å². The molecule has 0 atom stereocenters. The highest BCUT2D eigenvalue weighted by molar-refractivity contribution is 7.19. The molecular weight excluding hydrogens is 424 g/mol. The van der Waals surface area contributed by atoms with Crippen molar-refractivity contribution in [1.82, 2.24) is 14.9 Å². The number of aryl methyl sites for hydroxylation is 2. The molecule has 0 unspecified atom stereocenters. The van der Waals surface area contributed by atoms with Gasteiger partial charge in [0.1, 0.15) is 22.7 Å². The SMILES string of the molecule is CCCN(C)C=O.COc1cc(N)c(C=N)cc1Nc1ncnc2sc3c(c12)CCCC3. The first-order valence-corrected chi connectivity index (χ1v) is 11.5. The van der Waals surface area contributed by atoms with Crippen molar-refractivity contribution in [2.45, 2.75) is 39.0 Å². The lowest BCUT2D eigenvalue weighted by molar-refractivity contribution is -0.117. The minimum atomic E-state index is 0.512. The van der Waals surface area contributed by atoms with E-state index in [1.165, 1.54) is 29.5 Å². The number of rotatable bonds is 7. The van der Waals surface area contributed by atoms with E-state index in [0.717, 1.165) is 53.9 Å². The van der Waals surface area contributed by atoms with E-state index in [1.54, 1.807) is 42.8 Å². The van der Waals surface area contributed by atoms with E-state index in [0.29, 0.717) is 17.0 Å². The van der Waals surface area contributed by atoms with E-state index in [9.17, 15) is 4.79 Å². The number of nitrogen functional groups attached to an aromatic ring is 1. The fourth-order valence-electron chi connectivity index (χ4n) is 3.72. The minimum absolute atomic E-state index is 0.512. The lowest BCUT2D eigenvalue weighted by Crippen LogP contribution is -2.15. The molecule has 0 bridgehead atoms. The fraction of sp³-hybridized carbons (Fsp3) is 0.391. The Bertz CT molecular complexity index is 1100. The molecule has 0 spiro atoms. The van der Waals surface area contributed by atoms with E-state index in [-0.39, 0.29) is 0 Å². The first-order valence-electron chi connectivity index (χ1n) is 10.7. The third-order valence-electron chi connectivity index (χ3n) is 5.32. The van der Waals surface area contributed by atoms with Crippen molar-refractivity contribution in [2.75, 3.05) is 31.8 Å². The summed E-state index contributed by atoms with van der Waals surface area (Å²) in [4.78, 5) is 22.8. The predicted octanol–water partition coefficient (Wildman–Crippen LogP) is 4.39. The van der Waals surface area contributed by atoms with Crippen molar-refractivity contribution < 1.29 is 9.53 Å². The molecule has 4 N–H and O–H groups in total. The van der Waals surface area contributed by atoms with E-state index in [1.807, 2.05) is 13.0 Å². The second-order valence-corrected chi connectivity index (χ2v) is 8.73. The Morgan fingerprint density at radius 1 is 1.31 bits per heavy atom. The molecule has 9 heteroatoms. The summed E-state index contributed by atoms with van der Waals surface area (Å²) in [5.41, 5.74) is 9.22. The summed E-state index contributed by atoms with van der Waals surface area (Å²) in [5, 5.41) is 12.0. The van der Waals surface area contributed by atoms with Crippen molar-refractivity contribution in [3.63, 3.8) is 0 Å². The molecule has 0 saturated heterocycles. The number of fused-ring (bicyclic) bond motifs is 3. The first-order chi connectivity index (χ1) is 15.5. The number of carbonyl (C=O) groups is 1. The van der Waals surface area contributed by atoms with Crippen LogP contribution in [0.3, 0.4) is 0 Å². The van der Waals surface area contributed by atoms with Crippen LogP contribution in [0.15, 0.2) is 18.5 Å². The van der Waals surface area contributed by atoms with Crippen molar-refractivity contribution in [3.05, 3.63) is 34.5 Å². The summed E-state index contributed by atoms with van der Waals surface area (Å²) in [5.74, 6) is 1.40. The molecule has 3 aromatic rings. The number of nitrogens with one attached hydrogen (secondary N) is 2. The van der Waals surface area contributed by atoms with E-state index in [4.69, 9.17) is 15.9 Å². The number of nitrogens with two attached hydrogens (primary N) is 1. The number of thiophene rings is 1. The van der Waals surface area contributed by atoms with Gasteiger partial charge in [-0.3, -0.25) is 4.79 Å². The van der Waals surface area contributed by atoms with Crippen molar-refractivity contribution in [2.24, 2.45) is 0 Å². The number of hydrogen-bond acceptors (Lipinski definition) is 8. The van der Waals surface area contributed by atoms with E-state index in [2.05, 4.69) is 15.3 Å². The lowest BCUT2D eigenvalue weighted by Gasteiger charge is -2.15. The number of nitrogens with zero attached hydrogens (tertiary/aromatic N) is 3. The zero-order valence-corrected chi connectivity index (χ0v) is 19.6. The highest BCUT2D eigenvalue weighted by Gasteiger charge is 2.20. The Hall–Kier alpha value is -3.20. The molecule has 170 valence electrons. The zero-order valence-electron chi connectivity index (χ0n) is 18.8. The van der Waals surface area contributed by atoms with Crippen LogP contribution in [0.1, 0.15) is 42.2 Å². The molecule has 0 radical (unpaired) electrons. The van der Waals surface area contributed by atoms with Gasteiger partial charge in [-0.15, -0.1) is 11.3 Å². The second-order valence-electron chi connectivity index (χ2n) is 7.65. The van der Waals surface area contributed by atoms with E-state index < -0.39 is 0 Å². The quantitative estimate of drug-likeness (QED) is 0.277. The van der Waals surface area contributed by atoms with Crippen LogP contribution in [-0.4, -0.2) is 48.2 Å². The molecule has 1 aliphatic carbocycles. The van der Waals surface area contributed by atoms with Gasteiger partial charge < -0.3 is 26.1 Å². The third-order valence-corrected chi connectivity index (χ3v) is 6.52. The van der Waals surface area contributed by atoms with Gasteiger partial charge in [0.2, 0.25) is 6.41 Å². The molecule has 4 rings (SSSR count). The van der Waals surface area contributed by atoms with Crippen LogP contribution in [0.5, 0.6) is 5.75 Å². The lowest BCUT2D eigenvalue weighted by atomic mass is 9.97. The van der Waals surface area contributed by atoms with Gasteiger partial charge in [0.05, 0.1) is 18.2 Å². The number of methoxy groups -OCH3 is 1. The molecule has 0 saturated carbocycles. The average molecular weight is 455 g/mol. The summed E-state index contributed by atoms with van der Waals surface area (Å²) in [6, 6.07) is 3.54. The van der Waals surface area contributed by atoms with Gasteiger partial charge in [-0.05, 0) is 43.7 Å².